The van der Waals surface area contributed by atoms with Crippen molar-refractivity contribution in [2.75, 3.05) is 19.8 Å². The molecule has 0 saturated carbocycles. The SMILES string of the molecule is Cc1cnc(OCC2(C)COC2)c(C)n1. The van der Waals surface area contributed by atoms with Crippen LogP contribution in [0.25, 0.3) is 0 Å². The number of ether oxygens (including phenoxy) is 2. The molecular formula is C11H16N2O2. The molecule has 1 aromatic rings. The van der Waals surface area contributed by atoms with Gasteiger partial charge in [0.05, 0.1) is 37.4 Å². The largest absolute Gasteiger partial charge is 0.476 e. The van der Waals surface area contributed by atoms with Gasteiger partial charge in [-0.15, -0.1) is 0 Å². The first-order valence-corrected chi connectivity index (χ1v) is 5.10. The van der Waals surface area contributed by atoms with Crippen LogP contribution in [0.15, 0.2) is 6.20 Å². The Morgan fingerprint density at radius 1 is 1.47 bits per heavy atom. The van der Waals surface area contributed by atoms with Gasteiger partial charge in [-0.05, 0) is 13.8 Å². The van der Waals surface area contributed by atoms with Crippen molar-refractivity contribution in [2.24, 2.45) is 5.41 Å². The molecule has 0 aliphatic carbocycles. The van der Waals surface area contributed by atoms with Crippen LogP contribution < -0.4 is 4.74 Å². The summed E-state index contributed by atoms with van der Waals surface area (Å²) in [6.07, 6.45) is 1.72. The number of aryl methyl sites for hydroxylation is 2. The van der Waals surface area contributed by atoms with Gasteiger partial charge >= 0.3 is 0 Å². The normalized spacial score (nSPS) is 18.3. The van der Waals surface area contributed by atoms with Gasteiger partial charge in [0, 0.05) is 5.41 Å². The Hall–Kier alpha value is -1.16. The standard InChI is InChI=1S/C11H16N2O2/c1-8-4-12-10(9(2)13-8)15-7-11(3)5-14-6-11/h4H,5-7H2,1-3H3. The molecule has 1 saturated heterocycles. The lowest BCUT2D eigenvalue weighted by Gasteiger charge is -2.37. The molecule has 15 heavy (non-hydrogen) atoms. The summed E-state index contributed by atoms with van der Waals surface area (Å²) in [6, 6.07) is 0. The molecule has 1 aliphatic heterocycles. The van der Waals surface area contributed by atoms with Crippen molar-refractivity contribution in [1.29, 1.82) is 0 Å². The average molecular weight is 208 g/mol. The Balaban J connectivity index is 1.98. The van der Waals surface area contributed by atoms with E-state index in [-0.39, 0.29) is 5.41 Å². The highest BCUT2D eigenvalue weighted by Crippen LogP contribution is 2.27. The van der Waals surface area contributed by atoms with Gasteiger partial charge in [0.2, 0.25) is 5.88 Å². The summed E-state index contributed by atoms with van der Waals surface area (Å²) in [5.41, 5.74) is 1.91. The van der Waals surface area contributed by atoms with E-state index in [1.54, 1.807) is 6.20 Å². The minimum Gasteiger partial charge on any atom is -0.476 e. The summed E-state index contributed by atoms with van der Waals surface area (Å²) in [6.45, 7) is 8.16. The quantitative estimate of drug-likeness (QED) is 0.755. The molecule has 0 atom stereocenters. The van der Waals surface area contributed by atoms with Gasteiger partial charge in [0.1, 0.15) is 0 Å². The monoisotopic (exact) mass is 208 g/mol. The van der Waals surface area contributed by atoms with Crippen molar-refractivity contribution >= 4 is 0 Å². The van der Waals surface area contributed by atoms with Crippen molar-refractivity contribution in [3.8, 4) is 5.88 Å². The first kappa shape index (κ1) is 10.4. The van der Waals surface area contributed by atoms with Crippen molar-refractivity contribution in [1.82, 2.24) is 9.97 Å². The van der Waals surface area contributed by atoms with Crippen molar-refractivity contribution in [2.45, 2.75) is 20.8 Å². The Morgan fingerprint density at radius 3 is 2.73 bits per heavy atom. The maximum absolute atomic E-state index is 5.65. The number of rotatable bonds is 3. The molecule has 0 bridgehead atoms. The van der Waals surface area contributed by atoms with Crippen molar-refractivity contribution < 1.29 is 9.47 Å². The summed E-state index contributed by atoms with van der Waals surface area (Å²) in [7, 11) is 0. The van der Waals surface area contributed by atoms with E-state index in [9.17, 15) is 0 Å². The van der Waals surface area contributed by atoms with E-state index in [1.807, 2.05) is 13.8 Å². The molecule has 4 nitrogen and oxygen atoms in total. The Labute approximate surface area is 89.6 Å². The predicted octanol–water partition coefficient (Wildman–Crippen LogP) is 1.51. The van der Waals surface area contributed by atoms with E-state index in [4.69, 9.17) is 9.47 Å². The first-order valence-electron chi connectivity index (χ1n) is 5.10. The van der Waals surface area contributed by atoms with Gasteiger partial charge in [-0.1, -0.05) is 6.92 Å². The minimum atomic E-state index is 0.152. The Morgan fingerprint density at radius 2 is 2.20 bits per heavy atom. The second-order valence-electron chi connectivity index (χ2n) is 4.49. The maximum Gasteiger partial charge on any atom is 0.235 e. The molecular weight excluding hydrogens is 192 g/mol. The molecule has 82 valence electrons. The highest BCUT2D eigenvalue weighted by molar-refractivity contribution is 5.17. The fraction of sp³-hybridized carbons (Fsp3) is 0.636. The van der Waals surface area contributed by atoms with Gasteiger partial charge in [-0.25, -0.2) is 4.98 Å². The molecule has 1 fully saturated rings. The second-order valence-corrected chi connectivity index (χ2v) is 4.49. The number of aromatic nitrogens is 2. The van der Waals surface area contributed by atoms with Crippen LogP contribution in [0.2, 0.25) is 0 Å². The summed E-state index contributed by atoms with van der Waals surface area (Å²) in [5, 5.41) is 0. The lowest BCUT2D eigenvalue weighted by molar-refractivity contribution is -0.120. The van der Waals surface area contributed by atoms with Crippen LogP contribution in [0.4, 0.5) is 0 Å². The van der Waals surface area contributed by atoms with Gasteiger partial charge in [0.25, 0.3) is 0 Å². The molecule has 1 aliphatic rings. The molecule has 2 heterocycles. The van der Waals surface area contributed by atoms with Crippen LogP contribution in [0, 0.1) is 19.3 Å². The number of nitrogens with zero attached hydrogens (tertiary/aromatic N) is 2. The molecule has 0 unspecified atom stereocenters. The summed E-state index contributed by atoms with van der Waals surface area (Å²) in [5.74, 6) is 0.633. The van der Waals surface area contributed by atoms with E-state index in [2.05, 4.69) is 16.9 Å². The molecule has 0 radical (unpaired) electrons. The number of hydrogen-bond acceptors (Lipinski definition) is 4. The molecule has 0 spiro atoms. The molecule has 2 rings (SSSR count). The third-order valence-electron chi connectivity index (χ3n) is 2.48. The summed E-state index contributed by atoms with van der Waals surface area (Å²) >= 11 is 0. The van der Waals surface area contributed by atoms with Gasteiger partial charge in [-0.2, -0.15) is 0 Å². The second kappa shape index (κ2) is 3.77. The van der Waals surface area contributed by atoms with Crippen LogP contribution >= 0.6 is 0 Å². The smallest absolute Gasteiger partial charge is 0.235 e. The van der Waals surface area contributed by atoms with E-state index < -0.39 is 0 Å². The molecule has 4 heteroatoms. The molecule has 1 aromatic heterocycles. The van der Waals surface area contributed by atoms with Crippen molar-refractivity contribution in [3.05, 3.63) is 17.6 Å². The zero-order valence-electron chi connectivity index (χ0n) is 9.41. The molecule has 0 amide bonds. The third kappa shape index (κ3) is 2.26. The van der Waals surface area contributed by atoms with E-state index in [0.29, 0.717) is 12.5 Å². The minimum absolute atomic E-state index is 0.152. The maximum atomic E-state index is 5.65. The first-order chi connectivity index (χ1) is 7.09. The molecule has 0 N–H and O–H groups in total. The lowest BCUT2D eigenvalue weighted by atomic mass is 9.90. The molecule has 0 aromatic carbocycles. The van der Waals surface area contributed by atoms with Crippen LogP contribution in [-0.4, -0.2) is 29.8 Å². The Bertz CT molecular complexity index is 362. The predicted molar refractivity (Wildman–Crippen MR) is 55.9 cm³/mol. The zero-order valence-corrected chi connectivity index (χ0v) is 9.41. The highest BCUT2D eigenvalue weighted by Gasteiger charge is 2.34. The van der Waals surface area contributed by atoms with Crippen LogP contribution in [-0.2, 0) is 4.74 Å². The lowest BCUT2D eigenvalue weighted by Crippen LogP contribution is -2.44. The van der Waals surface area contributed by atoms with Crippen LogP contribution in [0.3, 0.4) is 0 Å². The topological polar surface area (TPSA) is 44.2 Å². The van der Waals surface area contributed by atoms with Crippen molar-refractivity contribution in [3.63, 3.8) is 0 Å². The Kier molecular flexibility index (Phi) is 2.61. The highest BCUT2D eigenvalue weighted by atomic mass is 16.5. The fourth-order valence-corrected chi connectivity index (χ4v) is 1.50. The van der Waals surface area contributed by atoms with E-state index in [0.717, 1.165) is 24.6 Å². The third-order valence-corrected chi connectivity index (χ3v) is 2.48. The van der Waals surface area contributed by atoms with Gasteiger partial charge in [-0.3, -0.25) is 4.98 Å². The van der Waals surface area contributed by atoms with E-state index >= 15 is 0 Å². The zero-order chi connectivity index (χ0) is 10.9. The summed E-state index contributed by atoms with van der Waals surface area (Å²) < 4.78 is 10.8. The van der Waals surface area contributed by atoms with Gasteiger partial charge in [0.15, 0.2) is 0 Å². The van der Waals surface area contributed by atoms with Gasteiger partial charge < -0.3 is 9.47 Å². The van der Waals surface area contributed by atoms with E-state index in [1.165, 1.54) is 0 Å². The van der Waals surface area contributed by atoms with Crippen LogP contribution in [0.5, 0.6) is 5.88 Å². The summed E-state index contributed by atoms with van der Waals surface area (Å²) in [4.78, 5) is 8.51. The average Bonchev–Trinajstić information content (AvgIpc) is 2.14. The number of hydrogen-bond donors (Lipinski definition) is 0. The van der Waals surface area contributed by atoms with Crippen LogP contribution in [0.1, 0.15) is 18.3 Å². The fourth-order valence-electron chi connectivity index (χ4n) is 1.50.